The van der Waals surface area contributed by atoms with Crippen LogP contribution in [0.1, 0.15) is 32.1 Å². The molecule has 0 spiro atoms. The second kappa shape index (κ2) is 4.80. The number of rotatable bonds is 3. The third-order valence-electron chi connectivity index (χ3n) is 2.90. The van der Waals surface area contributed by atoms with E-state index in [-0.39, 0.29) is 18.7 Å². The lowest BCUT2D eigenvalue weighted by molar-refractivity contribution is 0.204. The van der Waals surface area contributed by atoms with Crippen LogP contribution in [-0.4, -0.2) is 23.8 Å². The van der Waals surface area contributed by atoms with Gasteiger partial charge in [-0.1, -0.05) is 19.3 Å². The minimum absolute atomic E-state index is 0.00435. The minimum atomic E-state index is -0.229. The lowest BCUT2D eigenvalue weighted by Crippen LogP contribution is -2.49. The molecule has 1 aliphatic rings. The van der Waals surface area contributed by atoms with Gasteiger partial charge in [0.25, 0.3) is 0 Å². The van der Waals surface area contributed by atoms with Crippen LogP contribution in [-0.2, 0) is 0 Å². The first-order chi connectivity index (χ1) is 5.75. The third kappa shape index (κ3) is 2.44. The Morgan fingerprint density at radius 2 is 1.75 bits per heavy atom. The van der Waals surface area contributed by atoms with Gasteiger partial charge in [-0.3, -0.25) is 0 Å². The summed E-state index contributed by atoms with van der Waals surface area (Å²) < 4.78 is 0. The number of aliphatic hydroxyl groups excluding tert-OH is 1. The lowest BCUT2D eigenvalue weighted by atomic mass is 9.82. The van der Waals surface area contributed by atoms with Gasteiger partial charge in [-0.2, -0.15) is 0 Å². The molecular weight excluding hydrogens is 152 g/mol. The highest BCUT2D eigenvalue weighted by Gasteiger charge is 2.24. The highest BCUT2D eigenvalue weighted by molar-refractivity contribution is 4.84. The van der Waals surface area contributed by atoms with Crippen molar-refractivity contribution in [3.63, 3.8) is 0 Å². The predicted octanol–water partition coefficient (Wildman–Crippen LogP) is 0.214. The molecule has 72 valence electrons. The summed E-state index contributed by atoms with van der Waals surface area (Å²) >= 11 is 0. The minimum Gasteiger partial charge on any atom is -0.395 e. The second-order valence-corrected chi connectivity index (χ2v) is 3.82. The largest absolute Gasteiger partial charge is 0.395 e. The quantitative estimate of drug-likeness (QED) is 0.570. The molecule has 1 fully saturated rings. The highest BCUT2D eigenvalue weighted by Crippen LogP contribution is 2.26. The fraction of sp³-hybridized carbons (Fsp3) is 1.00. The Morgan fingerprint density at radius 1 is 1.17 bits per heavy atom. The first-order valence-corrected chi connectivity index (χ1v) is 4.87. The number of hydrogen-bond donors (Lipinski definition) is 3. The van der Waals surface area contributed by atoms with E-state index >= 15 is 0 Å². The zero-order valence-corrected chi connectivity index (χ0v) is 7.58. The molecule has 0 aliphatic heterocycles. The molecule has 0 heterocycles. The summed E-state index contributed by atoms with van der Waals surface area (Å²) in [5.41, 5.74) is 11.6. The Morgan fingerprint density at radius 3 is 2.25 bits per heavy atom. The van der Waals surface area contributed by atoms with Gasteiger partial charge in [-0.05, 0) is 18.8 Å². The Labute approximate surface area is 74.1 Å². The van der Waals surface area contributed by atoms with Crippen LogP contribution in [0.3, 0.4) is 0 Å². The predicted molar refractivity (Wildman–Crippen MR) is 49.6 cm³/mol. The topological polar surface area (TPSA) is 72.3 Å². The highest BCUT2D eigenvalue weighted by atomic mass is 16.3. The van der Waals surface area contributed by atoms with Gasteiger partial charge in [0.15, 0.2) is 0 Å². The van der Waals surface area contributed by atoms with Crippen LogP contribution in [0, 0.1) is 5.92 Å². The molecule has 1 saturated carbocycles. The van der Waals surface area contributed by atoms with E-state index in [4.69, 9.17) is 16.6 Å². The van der Waals surface area contributed by atoms with E-state index in [2.05, 4.69) is 0 Å². The number of nitrogens with two attached hydrogens (primary N) is 2. The van der Waals surface area contributed by atoms with Crippen molar-refractivity contribution < 1.29 is 5.11 Å². The molecule has 3 nitrogen and oxygen atoms in total. The number of hydrogen-bond acceptors (Lipinski definition) is 3. The summed E-state index contributed by atoms with van der Waals surface area (Å²) in [6.45, 7) is 0.0116. The van der Waals surface area contributed by atoms with Crippen molar-refractivity contribution in [3.8, 4) is 0 Å². The summed E-state index contributed by atoms with van der Waals surface area (Å²) in [5.74, 6) is 0.542. The fourth-order valence-electron chi connectivity index (χ4n) is 1.99. The van der Waals surface area contributed by atoms with Crippen LogP contribution in [0.5, 0.6) is 0 Å². The van der Waals surface area contributed by atoms with E-state index in [0.717, 1.165) is 0 Å². The van der Waals surface area contributed by atoms with Gasteiger partial charge in [-0.15, -0.1) is 0 Å². The standard InChI is InChI=1S/C9H20N2O/c10-8(6-12)9(11)7-4-2-1-3-5-7/h7-9,12H,1-6,10-11H2. The summed E-state index contributed by atoms with van der Waals surface area (Å²) in [6, 6.07) is -0.233. The molecule has 2 atom stereocenters. The van der Waals surface area contributed by atoms with Crippen LogP contribution in [0.2, 0.25) is 0 Å². The Hall–Kier alpha value is -0.120. The van der Waals surface area contributed by atoms with Crippen molar-refractivity contribution in [1.29, 1.82) is 0 Å². The van der Waals surface area contributed by atoms with Crippen LogP contribution in [0.4, 0.5) is 0 Å². The zero-order chi connectivity index (χ0) is 8.97. The molecule has 0 radical (unpaired) electrons. The Balaban J connectivity index is 2.33. The van der Waals surface area contributed by atoms with Crippen molar-refractivity contribution in [3.05, 3.63) is 0 Å². The molecule has 12 heavy (non-hydrogen) atoms. The summed E-state index contributed by atoms with van der Waals surface area (Å²) in [6.07, 6.45) is 6.26. The van der Waals surface area contributed by atoms with Crippen LogP contribution in [0.25, 0.3) is 0 Å². The molecule has 0 bridgehead atoms. The van der Waals surface area contributed by atoms with Gasteiger partial charge in [0.1, 0.15) is 0 Å². The lowest BCUT2D eigenvalue weighted by Gasteiger charge is -2.30. The van der Waals surface area contributed by atoms with E-state index in [1.807, 2.05) is 0 Å². The van der Waals surface area contributed by atoms with Crippen LogP contribution < -0.4 is 11.5 Å². The molecule has 0 aromatic heterocycles. The van der Waals surface area contributed by atoms with E-state index in [0.29, 0.717) is 5.92 Å². The average Bonchev–Trinajstić information content (AvgIpc) is 2.17. The fourth-order valence-corrected chi connectivity index (χ4v) is 1.99. The zero-order valence-electron chi connectivity index (χ0n) is 7.58. The Kier molecular flexibility index (Phi) is 3.98. The van der Waals surface area contributed by atoms with Crippen molar-refractivity contribution in [1.82, 2.24) is 0 Å². The molecule has 0 aromatic carbocycles. The maximum atomic E-state index is 8.83. The third-order valence-corrected chi connectivity index (χ3v) is 2.90. The van der Waals surface area contributed by atoms with Gasteiger partial charge in [0, 0.05) is 12.1 Å². The van der Waals surface area contributed by atoms with Gasteiger partial charge in [0.2, 0.25) is 0 Å². The summed E-state index contributed by atoms with van der Waals surface area (Å²) in [5, 5.41) is 8.83. The maximum Gasteiger partial charge on any atom is 0.0597 e. The molecule has 0 aromatic rings. The van der Waals surface area contributed by atoms with Crippen molar-refractivity contribution in [2.75, 3.05) is 6.61 Å². The normalized spacial score (nSPS) is 25.2. The first-order valence-electron chi connectivity index (χ1n) is 4.87. The molecule has 3 heteroatoms. The first kappa shape index (κ1) is 9.96. The maximum absolute atomic E-state index is 8.83. The molecule has 2 unspecified atom stereocenters. The van der Waals surface area contributed by atoms with Crippen molar-refractivity contribution >= 4 is 0 Å². The van der Waals surface area contributed by atoms with Crippen LogP contribution in [0.15, 0.2) is 0 Å². The van der Waals surface area contributed by atoms with Gasteiger partial charge in [0.05, 0.1) is 6.61 Å². The molecule has 1 rings (SSSR count). The second-order valence-electron chi connectivity index (χ2n) is 3.82. The number of aliphatic hydroxyl groups is 1. The molecule has 0 amide bonds. The van der Waals surface area contributed by atoms with E-state index in [9.17, 15) is 0 Å². The molecule has 5 N–H and O–H groups in total. The van der Waals surface area contributed by atoms with Crippen molar-refractivity contribution in [2.45, 2.75) is 44.2 Å². The Bertz CT molecular complexity index is 124. The smallest absolute Gasteiger partial charge is 0.0597 e. The van der Waals surface area contributed by atoms with Crippen molar-refractivity contribution in [2.24, 2.45) is 17.4 Å². The average molecular weight is 172 g/mol. The van der Waals surface area contributed by atoms with Gasteiger partial charge < -0.3 is 16.6 Å². The van der Waals surface area contributed by atoms with E-state index in [1.165, 1.54) is 32.1 Å². The van der Waals surface area contributed by atoms with E-state index in [1.54, 1.807) is 0 Å². The van der Waals surface area contributed by atoms with E-state index < -0.39 is 0 Å². The summed E-state index contributed by atoms with van der Waals surface area (Å²) in [7, 11) is 0. The molecular formula is C9H20N2O. The SMILES string of the molecule is NC(CO)C(N)C1CCCCC1. The monoisotopic (exact) mass is 172 g/mol. The molecule has 0 saturated heterocycles. The summed E-state index contributed by atoms with van der Waals surface area (Å²) in [4.78, 5) is 0. The van der Waals surface area contributed by atoms with Crippen LogP contribution >= 0.6 is 0 Å². The van der Waals surface area contributed by atoms with Gasteiger partial charge in [-0.25, -0.2) is 0 Å². The molecule has 1 aliphatic carbocycles. The van der Waals surface area contributed by atoms with Gasteiger partial charge >= 0.3 is 0 Å².